The van der Waals surface area contributed by atoms with Crippen molar-refractivity contribution in [3.63, 3.8) is 0 Å². The largest absolute Gasteiger partial charge is 0.388 e. The molecule has 0 amide bonds. The first-order chi connectivity index (χ1) is 6.12. The summed E-state index contributed by atoms with van der Waals surface area (Å²) in [5.74, 6) is 1.92. The van der Waals surface area contributed by atoms with Crippen molar-refractivity contribution in [3.05, 3.63) is 12.8 Å². The SMILES string of the molecule is C=CNC1CCC2CC(C)(C)CC21. The molecule has 0 saturated heterocycles. The Balaban J connectivity index is 2.03. The minimum Gasteiger partial charge on any atom is -0.388 e. The zero-order valence-electron chi connectivity index (χ0n) is 8.84. The predicted octanol–water partition coefficient (Wildman–Crippen LogP) is 2.93. The van der Waals surface area contributed by atoms with Crippen LogP contribution in [0.15, 0.2) is 12.8 Å². The average Bonchev–Trinajstić information content (AvgIpc) is 2.48. The van der Waals surface area contributed by atoms with Gasteiger partial charge in [0, 0.05) is 6.04 Å². The van der Waals surface area contributed by atoms with Crippen LogP contribution in [0.4, 0.5) is 0 Å². The summed E-state index contributed by atoms with van der Waals surface area (Å²) in [6.45, 7) is 8.59. The number of rotatable bonds is 2. The third kappa shape index (κ3) is 1.61. The van der Waals surface area contributed by atoms with Crippen LogP contribution in [0.1, 0.15) is 39.5 Å². The van der Waals surface area contributed by atoms with Crippen LogP contribution in [0.5, 0.6) is 0 Å². The van der Waals surface area contributed by atoms with E-state index in [1.54, 1.807) is 0 Å². The molecule has 0 spiro atoms. The highest BCUT2D eigenvalue weighted by Gasteiger charge is 2.46. The summed E-state index contributed by atoms with van der Waals surface area (Å²) in [6, 6.07) is 0.726. The third-order valence-corrected chi connectivity index (χ3v) is 3.91. The first kappa shape index (κ1) is 9.11. The van der Waals surface area contributed by atoms with E-state index in [0.717, 1.165) is 17.9 Å². The Hall–Kier alpha value is -0.460. The second-order valence-electron chi connectivity index (χ2n) is 5.55. The van der Waals surface area contributed by atoms with Gasteiger partial charge in [-0.15, -0.1) is 0 Å². The second kappa shape index (κ2) is 3.04. The van der Waals surface area contributed by atoms with Crippen molar-refractivity contribution in [2.75, 3.05) is 0 Å². The molecule has 0 bridgehead atoms. The highest BCUT2D eigenvalue weighted by atomic mass is 14.9. The molecule has 2 saturated carbocycles. The molecule has 2 aliphatic rings. The standard InChI is InChI=1S/C12H21N/c1-4-13-11-6-5-9-7-12(2,3)8-10(9)11/h4,9-11,13H,1,5-8H2,2-3H3. The lowest BCUT2D eigenvalue weighted by Crippen LogP contribution is -2.29. The first-order valence-corrected chi connectivity index (χ1v) is 5.49. The summed E-state index contributed by atoms with van der Waals surface area (Å²) < 4.78 is 0. The predicted molar refractivity (Wildman–Crippen MR) is 56.3 cm³/mol. The summed E-state index contributed by atoms with van der Waals surface area (Å²) >= 11 is 0. The van der Waals surface area contributed by atoms with Crippen molar-refractivity contribution >= 4 is 0 Å². The van der Waals surface area contributed by atoms with Crippen LogP contribution in [-0.4, -0.2) is 6.04 Å². The lowest BCUT2D eigenvalue weighted by atomic mass is 9.88. The molecule has 0 aromatic heterocycles. The molecule has 3 atom stereocenters. The highest BCUT2D eigenvalue weighted by molar-refractivity contribution is 5.00. The molecule has 2 fully saturated rings. The van der Waals surface area contributed by atoms with Gasteiger partial charge in [0.25, 0.3) is 0 Å². The van der Waals surface area contributed by atoms with E-state index in [1.807, 2.05) is 6.20 Å². The molecular weight excluding hydrogens is 158 g/mol. The van der Waals surface area contributed by atoms with Gasteiger partial charge in [0.1, 0.15) is 0 Å². The van der Waals surface area contributed by atoms with Gasteiger partial charge in [0.15, 0.2) is 0 Å². The Bertz CT molecular complexity index is 207. The molecule has 1 nitrogen and oxygen atoms in total. The van der Waals surface area contributed by atoms with Gasteiger partial charge in [-0.2, -0.15) is 0 Å². The number of nitrogens with one attached hydrogen (secondary N) is 1. The van der Waals surface area contributed by atoms with Gasteiger partial charge < -0.3 is 5.32 Å². The molecule has 0 radical (unpaired) electrons. The van der Waals surface area contributed by atoms with Crippen molar-refractivity contribution in [2.45, 2.75) is 45.6 Å². The Morgan fingerprint density at radius 2 is 2.08 bits per heavy atom. The summed E-state index contributed by atoms with van der Waals surface area (Å²) in [5.41, 5.74) is 0.594. The monoisotopic (exact) mass is 179 g/mol. The molecule has 74 valence electrons. The van der Waals surface area contributed by atoms with Crippen LogP contribution in [0.25, 0.3) is 0 Å². The third-order valence-electron chi connectivity index (χ3n) is 3.91. The Labute approximate surface area is 81.6 Å². The molecule has 0 aliphatic heterocycles. The zero-order valence-corrected chi connectivity index (χ0v) is 8.84. The van der Waals surface area contributed by atoms with Crippen molar-refractivity contribution in [2.24, 2.45) is 17.3 Å². The van der Waals surface area contributed by atoms with Crippen LogP contribution in [-0.2, 0) is 0 Å². The van der Waals surface area contributed by atoms with E-state index in [2.05, 4.69) is 25.7 Å². The highest BCUT2D eigenvalue weighted by Crippen LogP contribution is 2.52. The Kier molecular flexibility index (Phi) is 2.13. The average molecular weight is 179 g/mol. The van der Waals surface area contributed by atoms with Crippen molar-refractivity contribution in [1.82, 2.24) is 5.32 Å². The Morgan fingerprint density at radius 3 is 2.77 bits per heavy atom. The number of fused-ring (bicyclic) bond motifs is 1. The van der Waals surface area contributed by atoms with Crippen LogP contribution in [0.3, 0.4) is 0 Å². The van der Waals surface area contributed by atoms with Gasteiger partial charge in [-0.3, -0.25) is 0 Å². The fourth-order valence-electron chi connectivity index (χ4n) is 3.50. The maximum Gasteiger partial charge on any atom is 0.0286 e. The minimum atomic E-state index is 0.594. The summed E-state index contributed by atoms with van der Waals surface area (Å²) in [4.78, 5) is 0. The van der Waals surface area contributed by atoms with E-state index in [9.17, 15) is 0 Å². The van der Waals surface area contributed by atoms with Gasteiger partial charge in [0.2, 0.25) is 0 Å². The number of hydrogen-bond acceptors (Lipinski definition) is 1. The van der Waals surface area contributed by atoms with E-state index < -0.39 is 0 Å². The van der Waals surface area contributed by atoms with Gasteiger partial charge in [-0.1, -0.05) is 20.4 Å². The maximum atomic E-state index is 3.76. The van der Waals surface area contributed by atoms with Crippen molar-refractivity contribution in [1.29, 1.82) is 0 Å². The topological polar surface area (TPSA) is 12.0 Å². The zero-order chi connectivity index (χ0) is 9.47. The van der Waals surface area contributed by atoms with Crippen LogP contribution in [0.2, 0.25) is 0 Å². The van der Waals surface area contributed by atoms with Gasteiger partial charge in [-0.05, 0) is 49.1 Å². The second-order valence-corrected chi connectivity index (χ2v) is 5.55. The molecule has 0 aromatic rings. The number of hydrogen-bond donors (Lipinski definition) is 1. The fourth-order valence-corrected chi connectivity index (χ4v) is 3.50. The van der Waals surface area contributed by atoms with E-state index >= 15 is 0 Å². The minimum absolute atomic E-state index is 0.594. The summed E-state index contributed by atoms with van der Waals surface area (Å²) in [5, 5.41) is 3.42. The molecular formula is C12H21N. The van der Waals surface area contributed by atoms with Crippen LogP contribution in [0, 0.1) is 17.3 Å². The van der Waals surface area contributed by atoms with Crippen LogP contribution >= 0.6 is 0 Å². The molecule has 2 rings (SSSR count). The lowest BCUT2D eigenvalue weighted by molar-refractivity contribution is 0.328. The quantitative estimate of drug-likeness (QED) is 0.687. The summed E-state index contributed by atoms with van der Waals surface area (Å²) in [6.07, 6.45) is 7.51. The first-order valence-electron chi connectivity index (χ1n) is 5.49. The van der Waals surface area contributed by atoms with Crippen molar-refractivity contribution < 1.29 is 0 Å². The van der Waals surface area contributed by atoms with Crippen LogP contribution < -0.4 is 5.32 Å². The normalized spacial score (nSPS) is 41.5. The summed E-state index contributed by atoms with van der Waals surface area (Å²) in [7, 11) is 0. The van der Waals surface area contributed by atoms with Gasteiger partial charge in [-0.25, -0.2) is 0 Å². The maximum absolute atomic E-state index is 3.76. The molecule has 0 heterocycles. The van der Waals surface area contributed by atoms with E-state index in [4.69, 9.17) is 0 Å². The van der Waals surface area contributed by atoms with Crippen molar-refractivity contribution in [3.8, 4) is 0 Å². The molecule has 3 unspecified atom stereocenters. The molecule has 0 aromatic carbocycles. The van der Waals surface area contributed by atoms with Gasteiger partial charge >= 0.3 is 0 Å². The fraction of sp³-hybridized carbons (Fsp3) is 0.833. The smallest absolute Gasteiger partial charge is 0.0286 e. The molecule has 2 aliphatic carbocycles. The van der Waals surface area contributed by atoms with E-state index in [-0.39, 0.29) is 0 Å². The van der Waals surface area contributed by atoms with E-state index in [1.165, 1.54) is 25.7 Å². The Morgan fingerprint density at radius 1 is 1.31 bits per heavy atom. The lowest BCUT2D eigenvalue weighted by Gasteiger charge is -2.22. The molecule has 1 N–H and O–H groups in total. The van der Waals surface area contributed by atoms with E-state index in [0.29, 0.717) is 5.41 Å². The molecule has 13 heavy (non-hydrogen) atoms. The molecule has 1 heteroatoms. The van der Waals surface area contributed by atoms with Gasteiger partial charge in [0.05, 0.1) is 0 Å².